The molecule has 0 amide bonds. The number of aromatic nitrogens is 1. The first-order chi connectivity index (χ1) is 12.7. The molecule has 2 aromatic rings. The molecule has 0 bridgehead atoms. The van der Waals surface area contributed by atoms with Crippen molar-refractivity contribution >= 4 is 12.0 Å². The molecule has 1 N–H and O–H groups in total. The van der Waals surface area contributed by atoms with Gasteiger partial charge >= 0.3 is 0 Å². The fraction of sp³-hybridized carbons (Fsp3) is 0.350. The average molecular weight is 351 g/mol. The van der Waals surface area contributed by atoms with Crippen molar-refractivity contribution in [1.29, 1.82) is 0 Å². The first kappa shape index (κ1) is 16.7. The van der Waals surface area contributed by atoms with E-state index in [4.69, 9.17) is 9.94 Å². The Morgan fingerprint density at radius 3 is 2.65 bits per heavy atom. The molecule has 1 aliphatic carbocycles. The number of oxime groups is 1. The fourth-order valence-corrected chi connectivity index (χ4v) is 3.87. The average Bonchev–Trinajstić information content (AvgIpc) is 3.12. The van der Waals surface area contributed by atoms with E-state index in [1.165, 1.54) is 11.8 Å². The van der Waals surface area contributed by atoms with E-state index in [1.54, 1.807) is 12.1 Å². The van der Waals surface area contributed by atoms with Crippen LogP contribution >= 0.6 is 0 Å². The minimum absolute atomic E-state index is 0.370. The molecule has 26 heavy (non-hydrogen) atoms. The highest BCUT2D eigenvalue weighted by Gasteiger charge is 2.55. The zero-order valence-electron chi connectivity index (χ0n) is 14.4. The minimum Gasteiger partial charge on any atom is -0.477 e. The Labute approximate surface area is 152 Å². The van der Waals surface area contributed by atoms with E-state index in [0.717, 1.165) is 37.7 Å². The molecule has 1 saturated heterocycles. The monoisotopic (exact) mass is 351 g/mol. The van der Waals surface area contributed by atoms with E-state index in [1.807, 2.05) is 0 Å². The molecule has 2 heterocycles. The lowest BCUT2D eigenvalue weighted by atomic mass is 10.2. The standard InChI is InChI=1S/C20H21N3O3/c24-19(9-22-25)15-6-7-20(21-8-15)26-13-18-16-11-23(12-17(16)18)10-14-4-2-1-3-5-14/h1-9,16-18,25H,10-13H2/b22-9+/t16-,17+,18?. The summed E-state index contributed by atoms with van der Waals surface area (Å²) in [6.07, 6.45) is 2.29. The molecule has 1 aromatic heterocycles. The molecule has 1 aliphatic heterocycles. The lowest BCUT2D eigenvalue weighted by Crippen LogP contribution is -2.25. The normalized spacial score (nSPS) is 24.5. The van der Waals surface area contributed by atoms with Gasteiger partial charge in [-0.3, -0.25) is 9.69 Å². The Bertz CT molecular complexity index is 780. The highest BCUT2D eigenvalue weighted by atomic mass is 16.5. The van der Waals surface area contributed by atoms with Crippen LogP contribution < -0.4 is 4.74 Å². The summed E-state index contributed by atoms with van der Waals surface area (Å²) in [5.41, 5.74) is 1.74. The smallest absolute Gasteiger partial charge is 0.213 e. The number of benzene rings is 1. The van der Waals surface area contributed by atoms with Gasteiger partial charge in [0.1, 0.15) is 6.21 Å². The molecular formula is C20H21N3O3. The summed E-state index contributed by atoms with van der Waals surface area (Å²) < 4.78 is 5.79. The number of pyridine rings is 1. The number of piperidine rings is 1. The predicted octanol–water partition coefficient (Wildman–Crippen LogP) is 2.48. The van der Waals surface area contributed by atoms with E-state index in [0.29, 0.717) is 24.0 Å². The maximum atomic E-state index is 11.5. The number of ether oxygens (including phenoxy) is 1. The van der Waals surface area contributed by atoms with E-state index in [2.05, 4.69) is 45.4 Å². The van der Waals surface area contributed by atoms with Crippen LogP contribution in [0.4, 0.5) is 0 Å². The van der Waals surface area contributed by atoms with Gasteiger partial charge in [0.15, 0.2) is 0 Å². The Kier molecular flexibility index (Phi) is 4.67. The van der Waals surface area contributed by atoms with Gasteiger partial charge in [-0.05, 0) is 23.5 Å². The number of ketones is 1. The van der Waals surface area contributed by atoms with Crippen LogP contribution in [0.25, 0.3) is 0 Å². The molecule has 1 aromatic carbocycles. The number of carbonyl (C=O) groups is 1. The summed E-state index contributed by atoms with van der Waals surface area (Å²) in [5.74, 6) is 2.18. The Balaban J connectivity index is 1.22. The number of likely N-dealkylation sites (tertiary alicyclic amines) is 1. The maximum absolute atomic E-state index is 11.5. The molecular weight excluding hydrogens is 330 g/mol. The van der Waals surface area contributed by atoms with Gasteiger partial charge in [0.2, 0.25) is 11.7 Å². The number of rotatable bonds is 7. The summed E-state index contributed by atoms with van der Waals surface area (Å²) in [6.45, 7) is 3.96. The van der Waals surface area contributed by atoms with Crippen LogP contribution in [-0.2, 0) is 6.54 Å². The second-order valence-electron chi connectivity index (χ2n) is 6.98. The molecule has 2 fully saturated rings. The minimum atomic E-state index is -0.387. The molecule has 3 atom stereocenters. The van der Waals surface area contributed by atoms with E-state index in [-0.39, 0.29) is 5.78 Å². The summed E-state index contributed by atoms with van der Waals surface area (Å²) in [5, 5.41) is 11.1. The SMILES string of the molecule is O=C(/C=N/O)c1ccc(OCC2[C@H]3CN(Cc4ccccc4)C[C@@H]23)nc1. The number of nitrogens with zero attached hydrogens (tertiary/aromatic N) is 3. The lowest BCUT2D eigenvalue weighted by molar-refractivity contribution is 0.106. The van der Waals surface area contributed by atoms with Crippen molar-refractivity contribution in [2.45, 2.75) is 6.54 Å². The van der Waals surface area contributed by atoms with Crippen molar-refractivity contribution in [3.63, 3.8) is 0 Å². The third kappa shape index (κ3) is 3.60. The van der Waals surface area contributed by atoms with Crippen molar-refractivity contribution in [2.24, 2.45) is 22.9 Å². The topological polar surface area (TPSA) is 75.0 Å². The lowest BCUT2D eigenvalue weighted by Gasteiger charge is -2.19. The first-order valence-electron chi connectivity index (χ1n) is 8.81. The number of hydrogen-bond donors (Lipinski definition) is 1. The van der Waals surface area contributed by atoms with Crippen molar-refractivity contribution in [3.8, 4) is 5.88 Å². The van der Waals surface area contributed by atoms with Crippen LogP contribution in [0.5, 0.6) is 5.88 Å². The van der Waals surface area contributed by atoms with Crippen LogP contribution in [0.3, 0.4) is 0 Å². The van der Waals surface area contributed by atoms with E-state index >= 15 is 0 Å². The van der Waals surface area contributed by atoms with Crippen molar-refractivity contribution in [3.05, 3.63) is 59.8 Å². The zero-order chi connectivity index (χ0) is 17.9. The Morgan fingerprint density at radius 1 is 1.23 bits per heavy atom. The number of Topliss-reactive ketones (excluding diaryl/α,β-unsaturated/α-hetero) is 1. The summed E-state index contributed by atoms with van der Waals surface area (Å²) in [6, 6.07) is 13.9. The van der Waals surface area contributed by atoms with Crippen LogP contribution in [0, 0.1) is 17.8 Å². The molecule has 6 heteroatoms. The van der Waals surface area contributed by atoms with Crippen molar-refractivity contribution in [1.82, 2.24) is 9.88 Å². The number of fused-ring (bicyclic) bond motifs is 1. The highest BCUT2D eigenvalue weighted by Crippen LogP contribution is 2.51. The van der Waals surface area contributed by atoms with Gasteiger partial charge in [0, 0.05) is 43.4 Å². The van der Waals surface area contributed by atoms with Crippen LogP contribution in [-0.4, -0.2) is 46.8 Å². The quantitative estimate of drug-likeness (QED) is 0.359. The van der Waals surface area contributed by atoms with Gasteiger partial charge in [-0.15, -0.1) is 0 Å². The predicted molar refractivity (Wildman–Crippen MR) is 96.5 cm³/mol. The highest BCUT2D eigenvalue weighted by molar-refractivity contribution is 6.35. The first-order valence-corrected chi connectivity index (χ1v) is 8.81. The van der Waals surface area contributed by atoms with Gasteiger partial charge in [-0.25, -0.2) is 4.98 Å². The Morgan fingerprint density at radius 2 is 2.00 bits per heavy atom. The molecule has 0 spiro atoms. The molecule has 0 radical (unpaired) electrons. The second kappa shape index (κ2) is 7.25. The third-order valence-electron chi connectivity index (χ3n) is 5.32. The molecule has 134 valence electrons. The van der Waals surface area contributed by atoms with Gasteiger partial charge in [-0.2, -0.15) is 0 Å². The van der Waals surface area contributed by atoms with Crippen LogP contribution in [0.15, 0.2) is 53.8 Å². The summed E-state index contributed by atoms with van der Waals surface area (Å²) in [7, 11) is 0. The van der Waals surface area contributed by atoms with E-state index in [9.17, 15) is 4.79 Å². The second-order valence-corrected chi connectivity index (χ2v) is 6.98. The fourth-order valence-electron chi connectivity index (χ4n) is 3.87. The van der Waals surface area contributed by atoms with Crippen molar-refractivity contribution in [2.75, 3.05) is 19.7 Å². The number of hydrogen-bond acceptors (Lipinski definition) is 6. The summed E-state index contributed by atoms with van der Waals surface area (Å²) in [4.78, 5) is 18.2. The van der Waals surface area contributed by atoms with E-state index < -0.39 is 0 Å². The largest absolute Gasteiger partial charge is 0.477 e. The third-order valence-corrected chi connectivity index (χ3v) is 5.32. The molecule has 1 unspecified atom stereocenters. The molecule has 4 rings (SSSR count). The maximum Gasteiger partial charge on any atom is 0.213 e. The Hall–Kier alpha value is -2.73. The van der Waals surface area contributed by atoms with Gasteiger partial charge in [0.05, 0.1) is 6.61 Å². The van der Waals surface area contributed by atoms with Gasteiger partial charge in [-0.1, -0.05) is 35.5 Å². The molecule has 1 saturated carbocycles. The van der Waals surface area contributed by atoms with Gasteiger partial charge < -0.3 is 9.94 Å². The molecule has 6 nitrogen and oxygen atoms in total. The van der Waals surface area contributed by atoms with Crippen LogP contribution in [0.1, 0.15) is 15.9 Å². The summed E-state index contributed by atoms with van der Waals surface area (Å²) >= 11 is 0. The van der Waals surface area contributed by atoms with Crippen LogP contribution in [0.2, 0.25) is 0 Å². The van der Waals surface area contributed by atoms with Gasteiger partial charge in [0.25, 0.3) is 0 Å². The zero-order valence-corrected chi connectivity index (χ0v) is 14.4. The van der Waals surface area contributed by atoms with Crippen molar-refractivity contribution < 1.29 is 14.7 Å². The number of carbonyl (C=O) groups excluding carboxylic acids is 1. The molecule has 2 aliphatic rings.